The van der Waals surface area contributed by atoms with Crippen molar-refractivity contribution in [3.63, 3.8) is 0 Å². The van der Waals surface area contributed by atoms with Crippen LogP contribution in [0.25, 0.3) is 0 Å². The molecule has 18 heavy (non-hydrogen) atoms. The Morgan fingerprint density at radius 2 is 2.06 bits per heavy atom. The van der Waals surface area contributed by atoms with Gasteiger partial charge in [-0.15, -0.1) is 0 Å². The Morgan fingerprint density at radius 1 is 1.28 bits per heavy atom. The van der Waals surface area contributed by atoms with Crippen molar-refractivity contribution in [2.75, 3.05) is 26.3 Å². The molecule has 1 aromatic rings. The summed E-state index contributed by atoms with van der Waals surface area (Å²) in [6.07, 6.45) is 0.947. The summed E-state index contributed by atoms with van der Waals surface area (Å²) < 4.78 is 5.46. The molecule has 1 rings (SSSR count). The fraction of sp³-hybridized carbons (Fsp3) is 0.571. The number of aliphatic hydroxyl groups excluding tert-OH is 1. The van der Waals surface area contributed by atoms with Crippen molar-refractivity contribution in [1.82, 2.24) is 4.90 Å². The molecule has 0 aliphatic heterocycles. The number of hydrogen-bond donors (Lipinski definition) is 2. The summed E-state index contributed by atoms with van der Waals surface area (Å²) in [5, 5.41) is 18.9. The zero-order valence-corrected chi connectivity index (χ0v) is 11.2. The number of ether oxygens (including phenoxy) is 1. The van der Waals surface area contributed by atoms with E-state index in [1.165, 1.54) is 0 Å². The summed E-state index contributed by atoms with van der Waals surface area (Å²) >= 11 is 0. The number of rotatable bonds is 8. The molecule has 4 nitrogen and oxygen atoms in total. The number of phenolic OH excluding ortho intramolecular Hbond substituents is 1. The Labute approximate surface area is 109 Å². The van der Waals surface area contributed by atoms with Gasteiger partial charge in [-0.3, -0.25) is 4.90 Å². The molecule has 102 valence electrons. The third-order valence-corrected chi connectivity index (χ3v) is 2.79. The highest BCUT2D eigenvalue weighted by Gasteiger charge is 2.08. The highest BCUT2D eigenvalue weighted by atomic mass is 16.5. The molecule has 0 fully saturated rings. The summed E-state index contributed by atoms with van der Waals surface area (Å²) in [6.45, 7) is 6.96. The molecular formula is C14H23NO3. The molecular weight excluding hydrogens is 230 g/mol. The average molecular weight is 253 g/mol. The Hall–Kier alpha value is -1.26. The third kappa shape index (κ3) is 4.55. The van der Waals surface area contributed by atoms with Gasteiger partial charge in [0.2, 0.25) is 0 Å². The van der Waals surface area contributed by atoms with E-state index in [4.69, 9.17) is 9.84 Å². The molecule has 0 aromatic heterocycles. The summed E-state index contributed by atoms with van der Waals surface area (Å²) in [6, 6.07) is 5.40. The lowest BCUT2D eigenvalue weighted by Gasteiger charge is -2.20. The lowest BCUT2D eigenvalue weighted by Crippen LogP contribution is -2.26. The van der Waals surface area contributed by atoms with Gasteiger partial charge in [0.05, 0.1) is 13.2 Å². The second-order valence-corrected chi connectivity index (χ2v) is 4.23. The minimum atomic E-state index is 0.131. The normalized spacial score (nSPS) is 10.9. The SMILES string of the molecule is CCCOc1ccc(CN(CC)CCO)c(O)c1. The fourth-order valence-electron chi connectivity index (χ4n) is 1.72. The van der Waals surface area contributed by atoms with E-state index < -0.39 is 0 Å². The predicted octanol–water partition coefficient (Wildman–Crippen LogP) is 2.00. The monoisotopic (exact) mass is 253 g/mol. The maximum absolute atomic E-state index is 9.93. The molecule has 0 radical (unpaired) electrons. The van der Waals surface area contributed by atoms with Crippen molar-refractivity contribution in [1.29, 1.82) is 0 Å². The van der Waals surface area contributed by atoms with Gasteiger partial charge < -0.3 is 14.9 Å². The second-order valence-electron chi connectivity index (χ2n) is 4.23. The smallest absolute Gasteiger partial charge is 0.123 e. The summed E-state index contributed by atoms with van der Waals surface area (Å²) in [5.74, 6) is 0.947. The van der Waals surface area contributed by atoms with Crippen LogP contribution >= 0.6 is 0 Å². The van der Waals surface area contributed by atoms with Gasteiger partial charge in [-0.1, -0.05) is 19.9 Å². The zero-order valence-electron chi connectivity index (χ0n) is 11.2. The largest absolute Gasteiger partial charge is 0.507 e. The highest BCUT2D eigenvalue weighted by molar-refractivity contribution is 5.39. The van der Waals surface area contributed by atoms with Crippen LogP contribution < -0.4 is 4.74 Å². The van der Waals surface area contributed by atoms with Crippen LogP contribution in [-0.4, -0.2) is 41.4 Å². The molecule has 0 unspecified atom stereocenters. The van der Waals surface area contributed by atoms with Crippen molar-refractivity contribution < 1.29 is 14.9 Å². The van der Waals surface area contributed by atoms with Gasteiger partial charge in [0.1, 0.15) is 11.5 Å². The molecule has 0 spiro atoms. The van der Waals surface area contributed by atoms with Crippen molar-refractivity contribution in [3.05, 3.63) is 23.8 Å². The molecule has 0 saturated heterocycles. The number of nitrogens with zero attached hydrogens (tertiary/aromatic N) is 1. The fourth-order valence-corrected chi connectivity index (χ4v) is 1.72. The van der Waals surface area contributed by atoms with Gasteiger partial charge in [-0.2, -0.15) is 0 Å². The first-order chi connectivity index (χ1) is 8.71. The Balaban J connectivity index is 2.66. The summed E-state index contributed by atoms with van der Waals surface area (Å²) in [4.78, 5) is 2.07. The minimum Gasteiger partial charge on any atom is -0.507 e. The number of phenols is 1. The summed E-state index contributed by atoms with van der Waals surface area (Å²) in [5.41, 5.74) is 0.856. The van der Waals surface area contributed by atoms with Gasteiger partial charge in [-0.25, -0.2) is 0 Å². The first-order valence-corrected chi connectivity index (χ1v) is 6.49. The molecule has 0 amide bonds. The van der Waals surface area contributed by atoms with Gasteiger partial charge in [0, 0.05) is 24.7 Å². The minimum absolute atomic E-state index is 0.131. The van der Waals surface area contributed by atoms with E-state index in [0.29, 0.717) is 25.4 Å². The highest BCUT2D eigenvalue weighted by Crippen LogP contribution is 2.24. The van der Waals surface area contributed by atoms with Crippen molar-refractivity contribution in [2.24, 2.45) is 0 Å². The first-order valence-electron chi connectivity index (χ1n) is 6.49. The average Bonchev–Trinajstić information content (AvgIpc) is 2.38. The van der Waals surface area contributed by atoms with Crippen LogP contribution in [0.5, 0.6) is 11.5 Å². The Kier molecular flexibility index (Phi) is 6.54. The van der Waals surface area contributed by atoms with Crippen molar-refractivity contribution in [2.45, 2.75) is 26.8 Å². The van der Waals surface area contributed by atoms with E-state index >= 15 is 0 Å². The molecule has 0 heterocycles. The predicted molar refractivity (Wildman–Crippen MR) is 71.9 cm³/mol. The van der Waals surface area contributed by atoms with Gasteiger partial charge in [0.15, 0.2) is 0 Å². The number of aromatic hydroxyl groups is 1. The van der Waals surface area contributed by atoms with Crippen LogP contribution in [0.4, 0.5) is 0 Å². The number of hydrogen-bond acceptors (Lipinski definition) is 4. The Bertz CT molecular complexity index is 355. The Morgan fingerprint density at radius 3 is 2.61 bits per heavy atom. The van der Waals surface area contributed by atoms with E-state index in [1.807, 2.05) is 26.0 Å². The number of likely N-dealkylation sites (N-methyl/N-ethyl adjacent to an activating group) is 1. The van der Waals surface area contributed by atoms with Crippen LogP contribution in [0, 0.1) is 0 Å². The van der Waals surface area contributed by atoms with Gasteiger partial charge in [0.25, 0.3) is 0 Å². The molecule has 0 aliphatic carbocycles. The molecule has 2 N–H and O–H groups in total. The van der Waals surface area contributed by atoms with E-state index in [2.05, 4.69) is 4.90 Å². The van der Waals surface area contributed by atoms with Crippen LogP contribution in [0.3, 0.4) is 0 Å². The summed E-state index contributed by atoms with van der Waals surface area (Å²) in [7, 11) is 0. The first kappa shape index (κ1) is 14.8. The third-order valence-electron chi connectivity index (χ3n) is 2.79. The molecule has 1 aromatic carbocycles. The van der Waals surface area contributed by atoms with Crippen LogP contribution in [0.1, 0.15) is 25.8 Å². The lowest BCUT2D eigenvalue weighted by atomic mass is 10.1. The zero-order chi connectivity index (χ0) is 13.4. The molecule has 0 atom stereocenters. The van der Waals surface area contributed by atoms with E-state index in [-0.39, 0.29) is 12.4 Å². The van der Waals surface area contributed by atoms with E-state index in [0.717, 1.165) is 18.5 Å². The number of aliphatic hydroxyl groups is 1. The quantitative estimate of drug-likeness (QED) is 0.744. The van der Waals surface area contributed by atoms with Crippen LogP contribution in [-0.2, 0) is 6.54 Å². The van der Waals surface area contributed by atoms with Crippen molar-refractivity contribution in [3.8, 4) is 11.5 Å². The molecule has 0 saturated carbocycles. The topological polar surface area (TPSA) is 52.9 Å². The maximum atomic E-state index is 9.93. The standard InChI is InChI=1S/C14H23NO3/c1-3-9-18-13-6-5-12(14(17)10-13)11-15(4-2)7-8-16/h5-6,10,16-17H,3-4,7-9,11H2,1-2H3. The molecule has 0 aliphatic rings. The van der Waals surface area contributed by atoms with Gasteiger partial charge in [-0.05, 0) is 19.0 Å². The maximum Gasteiger partial charge on any atom is 0.123 e. The van der Waals surface area contributed by atoms with E-state index in [1.54, 1.807) is 6.07 Å². The molecule has 0 bridgehead atoms. The molecule has 4 heteroatoms. The van der Waals surface area contributed by atoms with Crippen molar-refractivity contribution >= 4 is 0 Å². The van der Waals surface area contributed by atoms with Crippen LogP contribution in [0.2, 0.25) is 0 Å². The van der Waals surface area contributed by atoms with E-state index in [9.17, 15) is 5.11 Å². The van der Waals surface area contributed by atoms with Gasteiger partial charge >= 0.3 is 0 Å². The second kappa shape index (κ2) is 7.95. The number of benzene rings is 1. The van der Waals surface area contributed by atoms with Crippen LogP contribution in [0.15, 0.2) is 18.2 Å². The lowest BCUT2D eigenvalue weighted by molar-refractivity contribution is 0.195.